The Hall–Kier alpha value is -4.36. The smallest absolute Gasteiger partial charge is 0.417 e. The summed E-state index contributed by atoms with van der Waals surface area (Å²) >= 11 is 0. The molecule has 2 aliphatic rings. The van der Waals surface area contributed by atoms with Crippen molar-refractivity contribution in [2.75, 3.05) is 59.7 Å². The number of hydrogen-bond donors (Lipinski definition) is 2. The number of carbonyl (C=O) groups excluding carboxylic acids is 2. The number of urea groups is 1. The molecule has 0 aliphatic carbocycles. The van der Waals surface area contributed by atoms with Crippen LogP contribution < -0.4 is 20.4 Å². The van der Waals surface area contributed by atoms with Gasteiger partial charge in [-0.2, -0.15) is 18.2 Å². The van der Waals surface area contributed by atoms with Crippen molar-refractivity contribution in [1.29, 1.82) is 0 Å². The number of aromatic nitrogens is 2. The van der Waals surface area contributed by atoms with Crippen LogP contribution in [0.15, 0.2) is 47.0 Å². The zero-order chi connectivity index (χ0) is 28.3. The van der Waals surface area contributed by atoms with E-state index in [4.69, 9.17) is 4.42 Å². The first-order valence-electron chi connectivity index (χ1n) is 12.8. The van der Waals surface area contributed by atoms with E-state index in [0.29, 0.717) is 45.1 Å². The van der Waals surface area contributed by atoms with Crippen LogP contribution >= 0.6 is 0 Å². The minimum atomic E-state index is -4.86. The highest BCUT2D eigenvalue weighted by Gasteiger charge is 2.42. The first kappa shape index (κ1) is 27.2. The summed E-state index contributed by atoms with van der Waals surface area (Å²) in [5.74, 6) is -1.93. The van der Waals surface area contributed by atoms with Gasteiger partial charge < -0.3 is 29.8 Å². The molecule has 0 saturated carbocycles. The molecular formula is C26H27F4N7O3. The molecule has 0 spiro atoms. The fourth-order valence-corrected chi connectivity index (χ4v) is 4.61. The summed E-state index contributed by atoms with van der Waals surface area (Å²) in [5.41, 5.74) is -1.09. The lowest BCUT2D eigenvalue weighted by molar-refractivity contribution is -0.141. The number of nitrogens with one attached hydrogen (secondary N) is 2. The largest absolute Gasteiger partial charge is 0.437 e. The second-order valence-electron chi connectivity index (χ2n) is 9.46. The van der Waals surface area contributed by atoms with E-state index in [-0.39, 0.29) is 17.4 Å². The lowest BCUT2D eigenvalue weighted by Crippen LogP contribution is -2.50. The van der Waals surface area contributed by atoms with Gasteiger partial charge in [0, 0.05) is 39.3 Å². The highest BCUT2D eigenvalue weighted by atomic mass is 19.4. The summed E-state index contributed by atoms with van der Waals surface area (Å²) in [7, 11) is 0. The highest BCUT2D eigenvalue weighted by Crippen LogP contribution is 2.35. The molecular weight excluding hydrogens is 534 g/mol. The van der Waals surface area contributed by atoms with Crippen LogP contribution in [0.5, 0.6) is 0 Å². The Labute approximate surface area is 227 Å². The van der Waals surface area contributed by atoms with Crippen LogP contribution in [0.4, 0.5) is 45.6 Å². The lowest BCUT2D eigenvalue weighted by atomic mass is 10.1. The molecule has 0 radical (unpaired) electrons. The van der Waals surface area contributed by atoms with Crippen LogP contribution in [-0.4, -0.2) is 66.1 Å². The molecule has 212 valence electrons. The van der Waals surface area contributed by atoms with Gasteiger partial charge in [0.25, 0.3) is 11.9 Å². The van der Waals surface area contributed by atoms with E-state index >= 15 is 0 Å². The first-order valence-corrected chi connectivity index (χ1v) is 12.8. The number of para-hydroxylation sites is 1. The minimum absolute atomic E-state index is 0.102. The van der Waals surface area contributed by atoms with Crippen molar-refractivity contribution in [1.82, 2.24) is 14.9 Å². The van der Waals surface area contributed by atoms with Gasteiger partial charge in [-0.1, -0.05) is 12.1 Å². The molecule has 1 aromatic carbocycles. The fourth-order valence-electron chi connectivity index (χ4n) is 4.61. The Bertz CT molecular complexity index is 1350. The number of oxazole rings is 1. The molecule has 14 heteroatoms. The van der Waals surface area contributed by atoms with Gasteiger partial charge in [-0.25, -0.2) is 14.2 Å². The molecule has 0 unspecified atom stereocenters. The van der Waals surface area contributed by atoms with E-state index in [2.05, 4.69) is 20.6 Å². The number of anilines is 4. The normalized spacial score (nSPS) is 16.1. The molecule has 2 fully saturated rings. The second-order valence-corrected chi connectivity index (χ2v) is 9.46. The fraction of sp³-hybridized carbons (Fsp3) is 0.385. The van der Waals surface area contributed by atoms with Gasteiger partial charge >= 0.3 is 12.2 Å². The number of benzene rings is 1. The van der Waals surface area contributed by atoms with Crippen LogP contribution in [0, 0.1) is 5.82 Å². The monoisotopic (exact) mass is 561 g/mol. The topological polar surface area (TPSA) is 107 Å². The van der Waals surface area contributed by atoms with Crippen molar-refractivity contribution >= 4 is 35.1 Å². The third kappa shape index (κ3) is 6.10. The van der Waals surface area contributed by atoms with E-state index in [0.717, 1.165) is 19.3 Å². The standard InChI is InChI=1S/C26H27F4N7O3/c27-18-6-2-3-7-19(18)33-24(39)36-14-12-35(13-15-36)20-9-8-17(16-31-20)32-23(38)21-22(26(28,29)30)34-25(40-21)37-10-4-1-5-11-37/h2-3,6-9,16H,1,4-5,10-15H2,(H,32,38)(H,33,39). The molecule has 10 nitrogen and oxygen atoms in total. The number of alkyl halides is 3. The third-order valence-corrected chi connectivity index (χ3v) is 6.73. The maximum atomic E-state index is 13.8. The molecule has 2 aromatic heterocycles. The predicted molar refractivity (Wildman–Crippen MR) is 139 cm³/mol. The lowest BCUT2D eigenvalue weighted by Gasteiger charge is -2.35. The molecule has 5 rings (SSSR count). The van der Waals surface area contributed by atoms with E-state index in [9.17, 15) is 27.2 Å². The molecule has 0 bridgehead atoms. The Morgan fingerprint density at radius 3 is 2.25 bits per heavy atom. The zero-order valence-electron chi connectivity index (χ0n) is 21.4. The summed E-state index contributed by atoms with van der Waals surface area (Å²) in [5, 5.41) is 4.96. The second kappa shape index (κ2) is 11.4. The average molecular weight is 562 g/mol. The first-order chi connectivity index (χ1) is 19.2. The highest BCUT2D eigenvalue weighted by molar-refractivity contribution is 6.03. The SMILES string of the molecule is O=C(Nc1ccc(N2CCN(C(=O)Nc3ccccc3F)CC2)nc1)c1oc(N2CCCCC2)nc1C(F)(F)F. The van der Waals surface area contributed by atoms with E-state index < -0.39 is 35.4 Å². The number of halogens is 4. The van der Waals surface area contributed by atoms with Crippen molar-refractivity contribution in [3.05, 3.63) is 59.9 Å². The van der Waals surface area contributed by atoms with E-state index in [1.165, 1.54) is 30.5 Å². The molecule has 2 N–H and O–H groups in total. The number of rotatable bonds is 5. The molecule has 0 atom stereocenters. The van der Waals surface area contributed by atoms with E-state index in [1.807, 2.05) is 4.90 Å². The van der Waals surface area contributed by atoms with Crippen LogP contribution in [0.1, 0.15) is 35.5 Å². The molecule has 4 heterocycles. The van der Waals surface area contributed by atoms with Crippen molar-refractivity contribution < 1.29 is 31.6 Å². The van der Waals surface area contributed by atoms with Crippen LogP contribution in [0.3, 0.4) is 0 Å². The van der Waals surface area contributed by atoms with Gasteiger partial charge in [-0.3, -0.25) is 4.79 Å². The van der Waals surface area contributed by atoms with Gasteiger partial charge in [0.1, 0.15) is 11.6 Å². The predicted octanol–water partition coefficient (Wildman–Crippen LogP) is 4.82. The van der Waals surface area contributed by atoms with Crippen molar-refractivity contribution in [2.24, 2.45) is 0 Å². The van der Waals surface area contributed by atoms with Crippen molar-refractivity contribution in [3.63, 3.8) is 0 Å². The van der Waals surface area contributed by atoms with Crippen molar-refractivity contribution in [2.45, 2.75) is 25.4 Å². The average Bonchev–Trinajstić information content (AvgIpc) is 3.42. The third-order valence-electron chi connectivity index (χ3n) is 6.73. The van der Waals surface area contributed by atoms with Gasteiger partial charge in [0.2, 0.25) is 5.76 Å². The van der Waals surface area contributed by atoms with Gasteiger partial charge in [0.05, 0.1) is 17.6 Å². The quantitative estimate of drug-likeness (QED) is 0.430. The molecule has 2 aliphatic heterocycles. The maximum Gasteiger partial charge on any atom is 0.437 e. The molecule has 3 aromatic rings. The summed E-state index contributed by atoms with van der Waals surface area (Å²) in [4.78, 5) is 38.2. The molecule has 3 amide bonds. The molecule has 2 saturated heterocycles. The number of amides is 3. The number of piperidine rings is 1. The molecule has 40 heavy (non-hydrogen) atoms. The maximum absolute atomic E-state index is 13.8. The zero-order valence-corrected chi connectivity index (χ0v) is 21.4. The summed E-state index contributed by atoms with van der Waals surface area (Å²) in [6.45, 7) is 2.66. The van der Waals surface area contributed by atoms with Gasteiger partial charge in [-0.05, 0) is 43.5 Å². The number of nitrogens with zero attached hydrogens (tertiary/aromatic N) is 5. The Balaban J connectivity index is 1.19. The van der Waals surface area contributed by atoms with Gasteiger partial charge in [-0.15, -0.1) is 0 Å². The van der Waals surface area contributed by atoms with E-state index in [1.54, 1.807) is 21.9 Å². The minimum Gasteiger partial charge on any atom is -0.417 e. The van der Waals surface area contributed by atoms with Crippen LogP contribution in [0.2, 0.25) is 0 Å². The van der Waals surface area contributed by atoms with Crippen molar-refractivity contribution in [3.8, 4) is 0 Å². The van der Waals surface area contributed by atoms with Crippen LogP contribution in [-0.2, 0) is 6.18 Å². The number of piperazine rings is 1. The summed E-state index contributed by atoms with van der Waals surface area (Å²) in [6, 6.07) is 8.42. The Morgan fingerprint density at radius 1 is 0.875 bits per heavy atom. The Kier molecular flexibility index (Phi) is 7.76. The number of carbonyl (C=O) groups is 2. The van der Waals surface area contributed by atoms with Crippen LogP contribution in [0.25, 0.3) is 0 Å². The summed E-state index contributed by atoms with van der Waals surface area (Å²) < 4.78 is 59.9. The van der Waals surface area contributed by atoms with Gasteiger partial charge in [0.15, 0.2) is 5.69 Å². The Morgan fingerprint density at radius 2 is 1.60 bits per heavy atom. The number of hydrogen-bond acceptors (Lipinski definition) is 7. The number of pyridine rings is 1. The summed E-state index contributed by atoms with van der Waals surface area (Å²) in [6.07, 6.45) is -0.946.